The number of rotatable bonds is 3. The molecule has 0 spiro atoms. The lowest BCUT2D eigenvalue weighted by Gasteiger charge is -2.08. The molecule has 2 aromatic rings. The second-order valence-electron chi connectivity index (χ2n) is 3.60. The maximum absolute atomic E-state index is 13.4. The Morgan fingerprint density at radius 1 is 1.24 bits per heavy atom. The van der Waals surface area contributed by atoms with Gasteiger partial charge in [-0.05, 0) is 18.2 Å². The van der Waals surface area contributed by atoms with Crippen molar-refractivity contribution in [2.24, 2.45) is 0 Å². The number of nitrogens with zero attached hydrogens (tertiary/aromatic N) is 1. The molecule has 0 radical (unpaired) electrons. The average molecular weight is 233 g/mol. The van der Waals surface area contributed by atoms with E-state index in [1.54, 1.807) is 36.5 Å². The fourth-order valence-electron chi connectivity index (χ4n) is 1.60. The molecule has 0 saturated carbocycles. The first-order valence-electron chi connectivity index (χ1n) is 5.19. The maximum Gasteiger partial charge on any atom is 0.293 e. The van der Waals surface area contributed by atoms with Gasteiger partial charge in [-0.3, -0.25) is 4.79 Å². The van der Waals surface area contributed by atoms with E-state index in [4.69, 9.17) is 4.74 Å². The Balaban J connectivity index is 2.37. The Hall–Kier alpha value is -2.10. The zero-order valence-electron chi connectivity index (χ0n) is 9.39. The van der Waals surface area contributed by atoms with Crippen molar-refractivity contribution in [1.82, 2.24) is 4.57 Å². The van der Waals surface area contributed by atoms with Crippen LogP contribution in [0.4, 0.5) is 4.39 Å². The molecule has 1 aromatic carbocycles. The van der Waals surface area contributed by atoms with Gasteiger partial charge in [0.25, 0.3) is 5.56 Å². The molecular formula is C13H12FNO2. The summed E-state index contributed by atoms with van der Waals surface area (Å²) in [5.74, 6) is -0.0638. The Kier molecular flexibility index (Phi) is 3.23. The van der Waals surface area contributed by atoms with E-state index >= 15 is 0 Å². The highest BCUT2D eigenvalue weighted by atomic mass is 19.1. The van der Waals surface area contributed by atoms with Crippen LogP contribution in [0.15, 0.2) is 47.4 Å². The van der Waals surface area contributed by atoms with Crippen LogP contribution < -0.4 is 10.3 Å². The molecule has 0 bridgehead atoms. The molecule has 0 N–H and O–H groups in total. The van der Waals surface area contributed by atoms with E-state index in [0.717, 1.165) is 0 Å². The second-order valence-corrected chi connectivity index (χ2v) is 3.60. The van der Waals surface area contributed by atoms with Crippen LogP contribution in [-0.2, 0) is 6.54 Å². The monoisotopic (exact) mass is 233 g/mol. The molecule has 1 aromatic heterocycles. The normalized spacial score (nSPS) is 10.2. The van der Waals surface area contributed by atoms with Gasteiger partial charge in [0.15, 0.2) is 5.75 Å². The molecule has 0 aliphatic heterocycles. The number of ether oxygens (including phenoxy) is 1. The largest absolute Gasteiger partial charge is 0.491 e. The third-order valence-electron chi connectivity index (χ3n) is 2.50. The van der Waals surface area contributed by atoms with Gasteiger partial charge in [-0.15, -0.1) is 0 Å². The molecule has 0 aliphatic rings. The molecule has 2 rings (SSSR count). The van der Waals surface area contributed by atoms with E-state index in [1.807, 2.05) is 0 Å². The zero-order valence-corrected chi connectivity index (χ0v) is 9.39. The van der Waals surface area contributed by atoms with E-state index in [-0.39, 0.29) is 23.7 Å². The summed E-state index contributed by atoms with van der Waals surface area (Å²) in [6.45, 7) is 0.197. The first kappa shape index (κ1) is 11.4. The van der Waals surface area contributed by atoms with Crippen molar-refractivity contribution in [3.63, 3.8) is 0 Å². The van der Waals surface area contributed by atoms with Gasteiger partial charge < -0.3 is 9.30 Å². The van der Waals surface area contributed by atoms with Crippen molar-refractivity contribution in [2.75, 3.05) is 7.11 Å². The SMILES string of the molecule is COc1cccn(Cc2ccccc2F)c1=O. The Bertz CT molecular complexity index is 578. The van der Waals surface area contributed by atoms with E-state index in [1.165, 1.54) is 17.7 Å². The van der Waals surface area contributed by atoms with Gasteiger partial charge in [0.2, 0.25) is 0 Å². The highest BCUT2D eigenvalue weighted by molar-refractivity contribution is 5.21. The molecule has 1 heterocycles. The molecule has 3 nitrogen and oxygen atoms in total. The lowest BCUT2D eigenvalue weighted by atomic mass is 10.2. The van der Waals surface area contributed by atoms with E-state index in [2.05, 4.69) is 0 Å². The number of aromatic nitrogens is 1. The highest BCUT2D eigenvalue weighted by Crippen LogP contribution is 2.08. The molecule has 0 unspecified atom stereocenters. The van der Waals surface area contributed by atoms with Crippen molar-refractivity contribution in [3.8, 4) is 5.75 Å². The fraction of sp³-hybridized carbons (Fsp3) is 0.154. The first-order valence-corrected chi connectivity index (χ1v) is 5.19. The summed E-state index contributed by atoms with van der Waals surface area (Å²) in [4.78, 5) is 11.8. The molecule has 4 heteroatoms. The molecular weight excluding hydrogens is 221 g/mol. The zero-order chi connectivity index (χ0) is 12.3. The third kappa shape index (κ3) is 2.36. The van der Waals surface area contributed by atoms with Crippen molar-refractivity contribution < 1.29 is 9.13 Å². The molecule has 0 amide bonds. The fourth-order valence-corrected chi connectivity index (χ4v) is 1.60. The lowest BCUT2D eigenvalue weighted by Crippen LogP contribution is -2.21. The summed E-state index contributed by atoms with van der Waals surface area (Å²) in [6.07, 6.45) is 1.61. The first-order chi connectivity index (χ1) is 8.22. The number of hydrogen-bond donors (Lipinski definition) is 0. The van der Waals surface area contributed by atoms with Gasteiger partial charge in [0, 0.05) is 11.8 Å². The Labute approximate surface area is 98.1 Å². The van der Waals surface area contributed by atoms with Crippen LogP contribution in [0.2, 0.25) is 0 Å². The van der Waals surface area contributed by atoms with Crippen LogP contribution in [0.5, 0.6) is 5.75 Å². The van der Waals surface area contributed by atoms with Crippen LogP contribution in [0.1, 0.15) is 5.56 Å². The molecule has 88 valence electrons. The minimum atomic E-state index is -0.317. The Morgan fingerprint density at radius 3 is 2.71 bits per heavy atom. The number of methoxy groups -OCH3 is 1. The molecule has 17 heavy (non-hydrogen) atoms. The summed E-state index contributed by atoms with van der Waals surface area (Å²) in [7, 11) is 1.43. The van der Waals surface area contributed by atoms with E-state index in [0.29, 0.717) is 5.56 Å². The summed E-state index contributed by atoms with van der Waals surface area (Å²) < 4.78 is 19.8. The molecule has 0 saturated heterocycles. The predicted octanol–water partition coefficient (Wildman–Crippen LogP) is 2.04. The van der Waals surface area contributed by atoms with Gasteiger partial charge in [0.05, 0.1) is 13.7 Å². The average Bonchev–Trinajstić information content (AvgIpc) is 2.34. The van der Waals surface area contributed by atoms with Crippen LogP contribution in [-0.4, -0.2) is 11.7 Å². The predicted molar refractivity (Wildman–Crippen MR) is 62.8 cm³/mol. The van der Waals surface area contributed by atoms with Gasteiger partial charge in [-0.25, -0.2) is 4.39 Å². The van der Waals surface area contributed by atoms with Gasteiger partial charge >= 0.3 is 0 Å². The number of pyridine rings is 1. The van der Waals surface area contributed by atoms with Crippen molar-refractivity contribution in [3.05, 3.63) is 64.3 Å². The lowest BCUT2D eigenvalue weighted by molar-refractivity contribution is 0.403. The summed E-state index contributed by atoms with van der Waals surface area (Å²) in [5.41, 5.74) is 0.209. The number of hydrogen-bond acceptors (Lipinski definition) is 2. The van der Waals surface area contributed by atoms with Crippen molar-refractivity contribution in [2.45, 2.75) is 6.54 Å². The van der Waals surface area contributed by atoms with Crippen LogP contribution >= 0.6 is 0 Å². The smallest absolute Gasteiger partial charge is 0.293 e. The van der Waals surface area contributed by atoms with Gasteiger partial charge in [0.1, 0.15) is 5.82 Å². The quantitative estimate of drug-likeness (QED) is 0.812. The maximum atomic E-state index is 13.4. The van der Waals surface area contributed by atoms with Crippen LogP contribution in [0.25, 0.3) is 0 Å². The topological polar surface area (TPSA) is 31.2 Å². The van der Waals surface area contributed by atoms with Crippen molar-refractivity contribution in [1.29, 1.82) is 0 Å². The standard InChI is InChI=1S/C13H12FNO2/c1-17-12-7-4-8-15(13(12)16)9-10-5-2-3-6-11(10)14/h2-8H,9H2,1H3. The molecule has 0 atom stereocenters. The Morgan fingerprint density at radius 2 is 2.00 bits per heavy atom. The summed E-state index contributed by atoms with van der Waals surface area (Å²) >= 11 is 0. The van der Waals surface area contributed by atoms with Crippen LogP contribution in [0.3, 0.4) is 0 Å². The van der Waals surface area contributed by atoms with Crippen LogP contribution in [0, 0.1) is 5.82 Å². The van der Waals surface area contributed by atoms with Crippen molar-refractivity contribution >= 4 is 0 Å². The highest BCUT2D eigenvalue weighted by Gasteiger charge is 2.05. The van der Waals surface area contributed by atoms with E-state index < -0.39 is 0 Å². The minimum Gasteiger partial charge on any atom is -0.491 e. The van der Waals surface area contributed by atoms with Gasteiger partial charge in [-0.2, -0.15) is 0 Å². The number of benzene rings is 1. The molecule has 0 aliphatic carbocycles. The summed E-state index contributed by atoms with van der Waals surface area (Å²) in [6, 6.07) is 9.67. The second kappa shape index (κ2) is 4.82. The molecule has 0 fully saturated rings. The number of halogens is 1. The third-order valence-corrected chi connectivity index (χ3v) is 2.50. The van der Waals surface area contributed by atoms with Gasteiger partial charge in [-0.1, -0.05) is 18.2 Å². The summed E-state index contributed by atoms with van der Waals surface area (Å²) in [5, 5.41) is 0. The minimum absolute atomic E-state index is 0.197. The van der Waals surface area contributed by atoms with E-state index in [9.17, 15) is 9.18 Å².